The first-order chi connectivity index (χ1) is 20.2. The first kappa shape index (κ1) is 25.0. The number of carbonyl (C=O) groups excluding carboxylic acids is 1. The van der Waals surface area contributed by atoms with Crippen LogP contribution in [0, 0.1) is 5.92 Å². The number of aromatic nitrogens is 3. The standard InChI is InChI=1S/C33H35N5O3/c39-33(35-32(21-4-5-21)30-3-1-2-14-34-30)22-8-13-29-28(15-22)31(37-36-29)20-6-11-26(12-7-20)41-27-16-23-9-10-24(17-27)38(23)25-18-40-19-25/h1-3,6-8,11-15,21,23-25,27,32H,4-5,9-10,16-19H2,(H,35,39)(H,36,37)/t23-,24+,27-,32-/m0/s1. The van der Waals surface area contributed by atoms with Crippen LogP contribution in [0.25, 0.3) is 22.2 Å². The van der Waals surface area contributed by atoms with Gasteiger partial charge in [-0.3, -0.25) is 19.8 Å². The average molecular weight is 550 g/mol. The lowest BCUT2D eigenvalue weighted by Crippen LogP contribution is -2.57. The second kappa shape index (κ2) is 10.3. The zero-order valence-corrected chi connectivity index (χ0v) is 23.0. The molecule has 2 aromatic carbocycles. The summed E-state index contributed by atoms with van der Waals surface area (Å²) in [6.45, 7) is 1.78. The molecule has 1 amide bonds. The third-order valence-electron chi connectivity index (χ3n) is 9.43. The highest BCUT2D eigenvalue weighted by atomic mass is 16.5. The lowest BCUT2D eigenvalue weighted by Gasteiger charge is -2.46. The van der Waals surface area contributed by atoms with Crippen molar-refractivity contribution in [1.29, 1.82) is 0 Å². The molecule has 0 unspecified atom stereocenters. The number of rotatable bonds is 8. The number of pyridine rings is 1. The molecule has 1 aliphatic carbocycles. The van der Waals surface area contributed by atoms with Gasteiger partial charge in [0.25, 0.3) is 5.91 Å². The summed E-state index contributed by atoms with van der Waals surface area (Å²) in [6, 6.07) is 21.6. The lowest BCUT2D eigenvalue weighted by atomic mass is 9.96. The number of fused-ring (bicyclic) bond motifs is 3. The van der Waals surface area contributed by atoms with E-state index in [2.05, 4.69) is 37.5 Å². The normalized spacial score (nSPS) is 25.1. The fourth-order valence-corrected chi connectivity index (χ4v) is 7.16. The highest BCUT2D eigenvalue weighted by Crippen LogP contribution is 2.41. The Morgan fingerprint density at radius 3 is 2.46 bits per heavy atom. The van der Waals surface area contributed by atoms with Crippen molar-refractivity contribution in [3.05, 3.63) is 78.1 Å². The maximum atomic E-state index is 13.3. The summed E-state index contributed by atoms with van der Waals surface area (Å²) in [4.78, 5) is 20.6. The van der Waals surface area contributed by atoms with Crippen LogP contribution >= 0.6 is 0 Å². The third-order valence-corrected chi connectivity index (χ3v) is 9.43. The quantitative estimate of drug-likeness (QED) is 0.311. The Bertz CT molecular complexity index is 1530. The summed E-state index contributed by atoms with van der Waals surface area (Å²) < 4.78 is 11.9. The van der Waals surface area contributed by atoms with E-state index in [1.165, 1.54) is 12.8 Å². The van der Waals surface area contributed by atoms with Crippen molar-refractivity contribution in [1.82, 2.24) is 25.4 Å². The van der Waals surface area contributed by atoms with Gasteiger partial charge in [-0.2, -0.15) is 5.10 Å². The van der Waals surface area contributed by atoms with Crippen molar-refractivity contribution in [3.8, 4) is 17.0 Å². The fourth-order valence-electron chi connectivity index (χ4n) is 7.16. The summed E-state index contributed by atoms with van der Waals surface area (Å²) in [5, 5.41) is 11.9. The van der Waals surface area contributed by atoms with Crippen molar-refractivity contribution in [2.45, 2.75) is 68.8 Å². The maximum Gasteiger partial charge on any atom is 0.251 e. The molecule has 8 rings (SSSR count). The van der Waals surface area contributed by atoms with Gasteiger partial charge in [0.2, 0.25) is 0 Å². The molecule has 41 heavy (non-hydrogen) atoms. The van der Waals surface area contributed by atoms with Crippen molar-refractivity contribution in [2.75, 3.05) is 13.2 Å². The van der Waals surface area contributed by atoms with E-state index >= 15 is 0 Å². The number of hydrogen-bond donors (Lipinski definition) is 2. The Morgan fingerprint density at radius 2 is 1.78 bits per heavy atom. The highest BCUT2D eigenvalue weighted by molar-refractivity contribution is 6.01. The summed E-state index contributed by atoms with van der Waals surface area (Å²) >= 11 is 0. The van der Waals surface area contributed by atoms with E-state index in [9.17, 15) is 4.79 Å². The molecule has 5 heterocycles. The first-order valence-corrected chi connectivity index (χ1v) is 15.0. The van der Waals surface area contributed by atoms with Gasteiger partial charge in [0.15, 0.2) is 0 Å². The van der Waals surface area contributed by atoms with Crippen LogP contribution in [0.4, 0.5) is 0 Å². The summed E-state index contributed by atoms with van der Waals surface area (Å²) in [7, 11) is 0. The van der Waals surface area contributed by atoms with Gasteiger partial charge in [-0.25, -0.2) is 0 Å². The molecule has 4 aromatic rings. The molecule has 8 heteroatoms. The van der Waals surface area contributed by atoms with Gasteiger partial charge in [-0.15, -0.1) is 0 Å². The Morgan fingerprint density at radius 1 is 0.976 bits per heavy atom. The number of H-pyrrole nitrogens is 1. The molecular formula is C33H35N5O3. The molecule has 0 radical (unpaired) electrons. The van der Waals surface area contributed by atoms with E-state index in [0.29, 0.717) is 29.6 Å². The molecular weight excluding hydrogens is 514 g/mol. The van der Waals surface area contributed by atoms with E-state index in [0.717, 1.165) is 72.5 Å². The summed E-state index contributed by atoms with van der Waals surface area (Å²) in [6.07, 6.45) is 9.00. The molecule has 0 spiro atoms. The molecule has 8 nitrogen and oxygen atoms in total. The van der Waals surface area contributed by atoms with Gasteiger partial charge < -0.3 is 14.8 Å². The monoisotopic (exact) mass is 549 g/mol. The Hall–Kier alpha value is -3.75. The first-order valence-electron chi connectivity index (χ1n) is 15.0. The summed E-state index contributed by atoms with van der Waals surface area (Å²) in [5.74, 6) is 1.26. The molecule has 1 saturated carbocycles. The topological polar surface area (TPSA) is 92.4 Å². The number of aromatic amines is 1. The van der Waals surface area contributed by atoms with E-state index in [1.54, 1.807) is 6.20 Å². The summed E-state index contributed by atoms with van der Waals surface area (Å²) in [5.41, 5.74) is 4.27. The Kier molecular flexibility index (Phi) is 6.26. The number of amides is 1. The lowest BCUT2D eigenvalue weighted by molar-refractivity contribution is -0.102. The second-order valence-electron chi connectivity index (χ2n) is 12.1. The van der Waals surface area contributed by atoms with E-state index < -0.39 is 0 Å². The molecule has 2 aromatic heterocycles. The number of ether oxygens (including phenoxy) is 2. The van der Waals surface area contributed by atoms with E-state index in [4.69, 9.17) is 9.47 Å². The van der Waals surface area contributed by atoms with Gasteiger partial charge in [0.1, 0.15) is 11.9 Å². The number of hydrogen-bond acceptors (Lipinski definition) is 6. The van der Waals surface area contributed by atoms with Gasteiger partial charge in [-0.05, 0) is 99.0 Å². The predicted octanol–water partition coefficient (Wildman–Crippen LogP) is 5.28. The number of piperidine rings is 1. The smallest absolute Gasteiger partial charge is 0.251 e. The van der Waals surface area contributed by atoms with Crippen LogP contribution in [-0.2, 0) is 4.74 Å². The molecule has 4 aliphatic rings. The zero-order chi connectivity index (χ0) is 27.3. The van der Waals surface area contributed by atoms with Gasteiger partial charge in [0.05, 0.1) is 42.2 Å². The Balaban J connectivity index is 0.970. The molecule has 210 valence electrons. The largest absolute Gasteiger partial charge is 0.490 e. The van der Waals surface area contributed by atoms with Crippen LogP contribution in [0.3, 0.4) is 0 Å². The third kappa shape index (κ3) is 4.79. The van der Waals surface area contributed by atoms with Crippen molar-refractivity contribution in [2.24, 2.45) is 5.92 Å². The fraction of sp³-hybridized carbons (Fsp3) is 0.424. The Labute approximate surface area is 239 Å². The van der Waals surface area contributed by atoms with Crippen LogP contribution in [0.2, 0.25) is 0 Å². The molecule has 4 fully saturated rings. The molecule has 3 saturated heterocycles. The molecule has 3 aliphatic heterocycles. The number of benzene rings is 2. The highest BCUT2D eigenvalue weighted by Gasteiger charge is 2.46. The van der Waals surface area contributed by atoms with E-state index in [1.807, 2.05) is 48.5 Å². The zero-order valence-electron chi connectivity index (χ0n) is 23.0. The number of nitrogens with zero attached hydrogens (tertiary/aromatic N) is 3. The van der Waals surface area contributed by atoms with Crippen LogP contribution in [-0.4, -0.2) is 63.4 Å². The van der Waals surface area contributed by atoms with Gasteiger partial charge in [0, 0.05) is 34.8 Å². The van der Waals surface area contributed by atoms with Crippen molar-refractivity contribution >= 4 is 16.8 Å². The SMILES string of the molecule is O=C(N[C@H](c1ccccn1)C1CC1)c1ccc2[nH]nc(-c3ccc(O[C@@H]4C[C@H]5CC[C@@H](C4)N5C4COC4)cc3)c2c1. The van der Waals surface area contributed by atoms with E-state index in [-0.39, 0.29) is 18.1 Å². The number of carbonyl (C=O) groups is 1. The molecule has 2 N–H and O–H groups in total. The van der Waals surface area contributed by atoms with Crippen LogP contribution < -0.4 is 10.1 Å². The van der Waals surface area contributed by atoms with Gasteiger partial charge >= 0.3 is 0 Å². The van der Waals surface area contributed by atoms with Crippen molar-refractivity contribution < 1.29 is 14.3 Å². The second-order valence-corrected chi connectivity index (χ2v) is 12.1. The minimum atomic E-state index is -0.0878. The minimum absolute atomic E-state index is 0.0644. The predicted molar refractivity (Wildman–Crippen MR) is 156 cm³/mol. The van der Waals surface area contributed by atoms with Crippen LogP contribution in [0.1, 0.15) is 60.6 Å². The van der Waals surface area contributed by atoms with Crippen LogP contribution in [0.15, 0.2) is 66.9 Å². The van der Waals surface area contributed by atoms with Crippen LogP contribution in [0.5, 0.6) is 5.75 Å². The average Bonchev–Trinajstić information content (AvgIpc) is 3.68. The maximum absolute atomic E-state index is 13.3. The molecule has 4 atom stereocenters. The van der Waals surface area contributed by atoms with Gasteiger partial charge in [-0.1, -0.05) is 6.07 Å². The molecule has 2 bridgehead atoms. The minimum Gasteiger partial charge on any atom is -0.490 e. The number of nitrogens with one attached hydrogen (secondary N) is 2. The van der Waals surface area contributed by atoms with Crippen molar-refractivity contribution in [3.63, 3.8) is 0 Å².